The minimum absolute atomic E-state index is 0.0645. The highest BCUT2D eigenvalue weighted by atomic mass is 35.5. The lowest BCUT2D eigenvalue weighted by Crippen LogP contribution is -2.60. The van der Waals surface area contributed by atoms with E-state index < -0.39 is 67.0 Å². The van der Waals surface area contributed by atoms with Crippen LogP contribution in [0, 0.1) is 0 Å². The molecule has 6 atom stereocenters. The highest BCUT2D eigenvalue weighted by Crippen LogP contribution is 2.35. The van der Waals surface area contributed by atoms with Crippen LogP contribution in [0.15, 0.2) is 36.4 Å². The third-order valence-electron chi connectivity index (χ3n) is 9.63. The number of nitrogens with one attached hydrogen (secondary N) is 3. The van der Waals surface area contributed by atoms with Gasteiger partial charge in [-0.3, -0.25) is 9.59 Å². The van der Waals surface area contributed by atoms with E-state index in [1.165, 1.54) is 33.5 Å². The second kappa shape index (κ2) is 26.0. The van der Waals surface area contributed by atoms with Gasteiger partial charge in [-0.05, 0) is 70.1 Å². The number of ether oxygens (including phenoxy) is 7. The minimum Gasteiger partial charge on any atom is -0.496 e. The molecule has 1 aliphatic rings. The fourth-order valence-electron chi connectivity index (χ4n) is 6.37. The van der Waals surface area contributed by atoms with E-state index >= 15 is 0 Å². The maximum atomic E-state index is 13.2. The average Bonchev–Trinajstić information content (AvgIpc) is 3.23. The molecule has 2 aromatic carbocycles. The van der Waals surface area contributed by atoms with Crippen LogP contribution in [0.5, 0.6) is 11.5 Å². The van der Waals surface area contributed by atoms with Crippen LogP contribution in [0.25, 0.3) is 0 Å². The van der Waals surface area contributed by atoms with Gasteiger partial charge in [0.25, 0.3) is 0 Å². The number of aliphatic hydroxyl groups is 3. The molecule has 0 radical (unpaired) electrons. The van der Waals surface area contributed by atoms with Gasteiger partial charge in [0.1, 0.15) is 53.6 Å². The van der Waals surface area contributed by atoms with Gasteiger partial charge < -0.3 is 64.4 Å². The molecule has 62 heavy (non-hydrogen) atoms. The van der Waals surface area contributed by atoms with Crippen LogP contribution in [-0.4, -0.2) is 122 Å². The monoisotopic (exact) mass is 895 g/mol. The van der Waals surface area contributed by atoms with Crippen LogP contribution < -0.4 is 25.4 Å². The van der Waals surface area contributed by atoms with E-state index in [1.807, 2.05) is 24.3 Å². The van der Waals surface area contributed by atoms with Gasteiger partial charge in [-0.1, -0.05) is 48.7 Å². The highest BCUT2D eigenvalue weighted by molar-refractivity contribution is 6.32. The summed E-state index contributed by atoms with van der Waals surface area (Å²) in [5.41, 5.74) is 0.855. The van der Waals surface area contributed by atoms with Crippen LogP contribution in [0.4, 0.5) is 4.79 Å². The number of unbranched alkanes of at least 4 members (excludes halogenated alkanes) is 4. The van der Waals surface area contributed by atoms with Crippen molar-refractivity contribution in [3.05, 3.63) is 58.1 Å². The quantitative estimate of drug-likeness (QED) is 0.0498. The van der Waals surface area contributed by atoms with Gasteiger partial charge in [0.15, 0.2) is 12.4 Å². The molecule has 0 aromatic heterocycles. The smallest absolute Gasteiger partial charge is 0.408 e. The molecule has 19 heteroatoms. The van der Waals surface area contributed by atoms with E-state index in [2.05, 4.69) is 16.0 Å². The summed E-state index contributed by atoms with van der Waals surface area (Å²) in [4.78, 5) is 62.1. The summed E-state index contributed by atoms with van der Waals surface area (Å²) in [7, 11) is 3.85. The number of aliphatic hydroxyl groups excluding tert-OH is 3. The zero-order chi connectivity index (χ0) is 45.8. The van der Waals surface area contributed by atoms with Gasteiger partial charge in [0.2, 0.25) is 11.8 Å². The van der Waals surface area contributed by atoms with Gasteiger partial charge >= 0.3 is 18.0 Å². The molecule has 0 saturated carbocycles. The first-order chi connectivity index (χ1) is 29.5. The summed E-state index contributed by atoms with van der Waals surface area (Å²) in [6.07, 6.45) is -2.46. The first-order valence-corrected chi connectivity index (χ1v) is 20.9. The lowest BCUT2D eigenvalue weighted by molar-refractivity contribution is -0.293. The Labute approximate surface area is 367 Å². The lowest BCUT2D eigenvalue weighted by Gasteiger charge is -2.40. The molecule has 346 valence electrons. The third-order valence-corrected chi connectivity index (χ3v) is 9.92. The molecule has 0 bridgehead atoms. The van der Waals surface area contributed by atoms with E-state index in [1.54, 1.807) is 20.8 Å². The largest absolute Gasteiger partial charge is 0.496 e. The van der Waals surface area contributed by atoms with Crippen LogP contribution in [0.1, 0.15) is 100 Å². The Morgan fingerprint density at radius 2 is 1.53 bits per heavy atom. The number of methoxy groups -OCH3 is 3. The molecule has 0 aliphatic carbocycles. The van der Waals surface area contributed by atoms with E-state index in [-0.39, 0.29) is 40.5 Å². The molecule has 0 spiro atoms. The fourth-order valence-corrected chi connectivity index (χ4v) is 6.59. The van der Waals surface area contributed by atoms with Gasteiger partial charge in [-0.2, -0.15) is 0 Å². The number of hydrogen-bond donors (Lipinski definition) is 6. The van der Waals surface area contributed by atoms with Crippen molar-refractivity contribution in [1.29, 1.82) is 0 Å². The van der Waals surface area contributed by atoms with Gasteiger partial charge in [0, 0.05) is 39.1 Å². The van der Waals surface area contributed by atoms with Crippen molar-refractivity contribution in [1.82, 2.24) is 16.0 Å². The van der Waals surface area contributed by atoms with Crippen molar-refractivity contribution < 1.29 is 72.5 Å². The number of rotatable bonds is 24. The van der Waals surface area contributed by atoms with Crippen LogP contribution in [0.3, 0.4) is 0 Å². The van der Waals surface area contributed by atoms with Crippen LogP contribution in [0.2, 0.25) is 5.02 Å². The molecule has 1 heterocycles. The Balaban J connectivity index is 1.34. The first-order valence-electron chi connectivity index (χ1n) is 20.5. The zero-order valence-electron chi connectivity index (χ0n) is 36.2. The number of esters is 2. The van der Waals surface area contributed by atoms with E-state index in [0.717, 1.165) is 24.0 Å². The number of amides is 3. The van der Waals surface area contributed by atoms with Gasteiger partial charge in [0.05, 0.1) is 25.8 Å². The Bertz CT molecular complexity index is 1770. The van der Waals surface area contributed by atoms with Gasteiger partial charge in [-0.25, -0.2) is 14.4 Å². The Hall–Kier alpha value is -4.72. The fraction of sp³-hybridized carbons (Fsp3) is 0.605. The van der Waals surface area contributed by atoms with E-state index in [0.29, 0.717) is 58.0 Å². The highest BCUT2D eigenvalue weighted by Gasteiger charge is 2.47. The molecule has 3 amide bonds. The number of hydrogen-bond acceptors (Lipinski definition) is 15. The SMILES string of the molecule is COC(=O)[C@H](CCCCNC(=O)CCCCCCC(=O)NCc1cccc(COc2cc(OC)c(C(=O)O[C@H]3[C@@H](OC)O[C@H](CO)[C@@H](O)[C@@H]3O)cc2Cl)c1)NC(=O)OC(C)(C)C. The Morgan fingerprint density at radius 1 is 0.855 bits per heavy atom. The normalized spacial score (nSPS) is 19.1. The predicted octanol–water partition coefficient (Wildman–Crippen LogP) is 3.85. The molecular weight excluding hydrogens is 834 g/mol. The third kappa shape index (κ3) is 17.2. The van der Waals surface area contributed by atoms with Crippen molar-refractivity contribution in [3.63, 3.8) is 0 Å². The Kier molecular flexibility index (Phi) is 21.7. The molecular formula is C43H62ClN3O15. The molecule has 0 unspecified atom stereocenters. The zero-order valence-corrected chi connectivity index (χ0v) is 37.0. The number of halogens is 1. The topological polar surface area (TPSA) is 247 Å². The number of carbonyl (C=O) groups is 5. The van der Waals surface area contributed by atoms with Crippen molar-refractivity contribution >= 4 is 41.4 Å². The van der Waals surface area contributed by atoms with Crippen molar-refractivity contribution in [2.45, 2.75) is 134 Å². The van der Waals surface area contributed by atoms with E-state index in [9.17, 15) is 39.3 Å². The summed E-state index contributed by atoms with van der Waals surface area (Å²) in [6.45, 7) is 5.44. The summed E-state index contributed by atoms with van der Waals surface area (Å²) in [6, 6.07) is 9.30. The molecule has 1 saturated heterocycles. The number of carbonyl (C=O) groups excluding carboxylic acids is 5. The Morgan fingerprint density at radius 3 is 2.16 bits per heavy atom. The molecule has 6 N–H and O–H groups in total. The van der Waals surface area contributed by atoms with Gasteiger partial charge in [-0.15, -0.1) is 0 Å². The molecule has 3 rings (SSSR count). The summed E-state index contributed by atoms with van der Waals surface area (Å²) < 4.78 is 37.3. The van der Waals surface area contributed by atoms with Crippen LogP contribution >= 0.6 is 11.6 Å². The number of alkyl carbamates (subject to hydrolysis) is 1. The van der Waals surface area contributed by atoms with E-state index in [4.69, 9.17) is 44.8 Å². The maximum Gasteiger partial charge on any atom is 0.408 e. The maximum absolute atomic E-state index is 13.2. The summed E-state index contributed by atoms with van der Waals surface area (Å²) in [5.74, 6) is -1.39. The number of benzene rings is 2. The van der Waals surface area contributed by atoms with Crippen molar-refractivity contribution in [2.75, 3.05) is 34.5 Å². The van der Waals surface area contributed by atoms with Crippen molar-refractivity contribution in [3.8, 4) is 11.5 Å². The van der Waals surface area contributed by atoms with Crippen LogP contribution in [-0.2, 0) is 51.2 Å². The standard InChI is InChI=1S/C43H62ClN3O15/c1-43(2,3)62-42(55)47-30(40(54)57-5)16-11-12-19-45-34(49)17-9-7-8-10-18-35(50)46-23-26-14-13-15-27(20-26)25-59-32-22-31(56-4)28(21-29(32)44)39(53)61-38-37(52)36(51)33(24-48)60-41(38)58-6/h13-15,20-22,30,33,36-38,41,48,51-52H,7-12,16-19,23-25H2,1-6H3,(H,45,49)(H,46,50)(H,47,55)/t30-,33+,36+,37-,38+,41-/m0/s1. The minimum atomic E-state index is -1.61. The second-order valence-electron chi connectivity index (χ2n) is 15.7. The average molecular weight is 896 g/mol. The summed E-state index contributed by atoms with van der Waals surface area (Å²) in [5, 5.41) is 38.6. The lowest BCUT2D eigenvalue weighted by atomic mass is 9.99. The summed E-state index contributed by atoms with van der Waals surface area (Å²) >= 11 is 6.48. The first kappa shape index (κ1) is 51.6. The molecule has 1 aliphatic heterocycles. The second-order valence-corrected chi connectivity index (χ2v) is 16.1. The van der Waals surface area contributed by atoms with Crippen molar-refractivity contribution in [2.24, 2.45) is 0 Å². The molecule has 1 fully saturated rings. The molecule has 2 aromatic rings. The molecule has 18 nitrogen and oxygen atoms in total. The predicted molar refractivity (Wildman–Crippen MR) is 224 cm³/mol.